The van der Waals surface area contributed by atoms with E-state index in [1.807, 2.05) is 20.8 Å². The minimum Gasteiger partial charge on any atom is -0.598 e. The van der Waals surface area contributed by atoms with E-state index in [0.717, 1.165) is 0 Å². The van der Waals surface area contributed by atoms with E-state index in [4.69, 9.17) is 4.43 Å². The topological polar surface area (TPSA) is 44.3 Å². The molecule has 0 amide bonds. The number of rotatable bonds is 7. The van der Waals surface area contributed by atoms with Gasteiger partial charge in [-0.1, -0.05) is 58.9 Å². The van der Waals surface area contributed by atoms with Gasteiger partial charge in [-0.05, 0) is 55.9 Å². The Hall–Kier alpha value is -0.333. The Morgan fingerprint density at radius 3 is 1.96 bits per heavy atom. The molecule has 0 saturated carbocycles. The van der Waals surface area contributed by atoms with Crippen LogP contribution in [-0.2, 0) is 15.8 Å². The lowest BCUT2D eigenvalue weighted by Gasteiger charge is -2.38. The third-order valence-electron chi connectivity index (χ3n) is 5.22. The fourth-order valence-corrected chi connectivity index (χ4v) is 4.18. The van der Waals surface area contributed by atoms with Gasteiger partial charge >= 0.3 is 0 Å². The molecule has 1 aromatic rings. The summed E-state index contributed by atoms with van der Waals surface area (Å²) in [5.74, 6) is 0.409. The van der Waals surface area contributed by atoms with E-state index in [0.29, 0.717) is 12.5 Å². The zero-order valence-electron chi connectivity index (χ0n) is 18.4. The Labute approximate surface area is 165 Å². The molecule has 5 heteroatoms. The molecular weight excluding hydrogens is 358 g/mol. The molecule has 3 nitrogen and oxygen atoms in total. The van der Waals surface area contributed by atoms with Crippen molar-refractivity contribution in [1.29, 1.82) is 0 Å². The van der Waals surface area contributed by atoms with Gasteiger partial charge in [0.25, 0.3) is 0 Å². The first-order valence-corrected chi connectivity index (χ1v) is 13.6. The maximum absolute atomic E-state index is 12.8. The largest absolute Gasteiger partial charge is 0.598 e. The van der Waals surface area contributed by atoms with E-state index < -0.39 is 19.7 Å². The summed E-state index contributed by atoms with van der Waals surface area (Å²) in [6.07, 6.45) is 0. The summed E-state index contributed by atoms with van der Waals surface area (Å²) in [6, 6.07) is 8.36. The molecule has 1 aromatic carbocycles. The second-order valence-corrected chi connectivity index (χ2v) is 16.7. The van der Waals surface area contributed by atoms with Crippen molar-refractivity contribution in [2.45, 2.75) is 90.2 Å². The van der Waals surface area contributed by atoms with Crippen LogP contribution in [0.3, 0.4) is 0 Å². The summed E-state index contributed by atoms with van der Waals surface area (Å²) < 4.78 is 22.4. The number of hydrogen-bond donors (Lipinski definition) is 1. The predicted octanol–water partition coefficient (Wildman–Crippen LogP) is 5.92. The third kappa shape index (κ3) is 6.38. The SMILES string of the molecule is CC(C)c1ccccc1[C@H](CO[Si](C)(C)C(C)(C)C)N[S@@+]([O-])C(C)(C)C. The fraction of sp³-hybridized carbons (Fsp3) is 0.714. The molecule has 0 aromatic heterocycles. The maximum atomic E-state index is 12.8. The minimum absolute atomic E-state index is 0.0808. The summed E-state index contributed by atoms with van der Waals surface area (Å²) in [5.41, 5.74) is 2.48. The third-order valence-corrected chi connectivity index (χ3v) is 11.3. The number of hydrogen-bond acceptors (Lipinski definition) is 3. The zero-order valence-corrected chi connectivity index (χ0v) is 20.2. The van der Waals surface area contributed by atoms with E-state index in [9.17, 15) is 4.55 Å². The van der Waals surface area contributed by atoms with Crippen molar-refractivity contribution in [2.75, 3.05) is 6.61 Å². The van der Waals surface area contributed by atoms with Gasteiger partial charge in [0.15, 0.2) is 8.32 Å². The second-order valence-electron chi connectivity index (χ2n) is 9.91. The first-order valence-electron chi connectivity index (χ1n) is 9.57. The van der Waals surface area contributed by atoms with E-state index in [1.54, 1.807) is 0 Å². The van der Waals surface area contributed by atoms with Crippen molar-refractivity contribution in [3.05, 3.63) is 35.4 Å². The molecule has 0 unspecified atom stereocenters. The highest BCUT2D eigenvalue weighted by atomic mass is 32.2. The van der Waals surface area contributed by atoms with E-state index in [1.165, 1.54) is 11.1 Å². The van der Waals surface area contributed by atoms with Crippen molar-refractivity contribution >= 4 is 19.7 Å². The smallest absolute Gasteiger partial charge is 0.192 e. The molecule has 0 fully saturated rings. The molecule has 1 N–H and O–H groups in total. The molecule has 26 heavy (non-hydrogen) atoms. The standard InChI is InChI=1S/C21H39NO2SSi/c1-16(2)17-13-11-12-14-18(17)19(22-25(23)20(3,4)5)15-24-26(9,10)21(6,7)8/h11-14,16,19,22H,15H2,1-10H3/t19-,25-/m0/s1. The molecule has 150 valence electrons. The molecule has 1 rings (SSSR count). The van der Waals surface area contributed by atoms with Crippen LogP contribution in [0.1, 0.15) is 78.5 Å². The Balaban J connectivity index is 3.16. The molecule has 0 saturated heterocycles. The van der Waals surface area contributed by atoms with Crippen LogP contribution in [0.5, 0.6) is 0 Å². The first-order chi connectivity index (χ1) is 11.7. The van der Waals surface area contributed by atoms with Gasteiger partial charge in [-0.25, -0.2) is 0 Å². The van der Waals surface area contributed by atoms with Crippen LogP contribution in [0, 0.1) is 0 Å². The van der Waals surface area contributed by atoms with Crippen LogP contribution in [-0.4, -0.2) is 24.2 Å². The van der Waals surface area contributed by atoms with Crippen LogP contribution in [0.25, 0.3) is 0 Å². The van der Waals surface area contributed by atoms with Crippen LogP contribution < -0.4 is 4.72 Å². The summed E-state index contributed by atoms with van der Waals surface area (Å²) >= 11 is -1.15. The van der Waals surface area contributed by atoms with Crippen LogP contribution in [0.15, 0.2) is 24.3 Å². The van der Waals surface area contributed by atoms with Crippen LogP contribution in [0.2, 0.25) is 18.1 Å². The summed E-state index contributed by atoms with van der Waals surface area (Å²) in [5, 5.41) is 0.151. The van der Waals surface area contributed by atoms with Crippen molar-refractivity contribution in [3.63, 3.8) is 0 Å². The summed E-state index contributed by atoms with van der Waals surface area (Å²) in [7, 11) is -1.88. The molecule has 0 radical (unpaired) electrons. The van der Waals surface area contributed by atoms with Gasteiger partial charge in [0.1, 0.15) is 4.75 Å². The molecule has 0 heterocycles. The van der Waals surface area contributed by atoms with Gasteiger partial charge in [-0.15, -0.1) is 4.72 Å². The Morgan fingerprint density at radius 2 is 1.54 bits per heavy atom. The Kier molecular flexibility index (Phi) is 8.01. The van der Waals surface area contributed by atoms with E-state index >= 15 is 0 Å². The van der Waals surface area contributed by atoms with Crippen LogP contribution >= 0.6 is 0 Å². The van der Waals surface area contributed by atoms with Gasteiger partial charge in [0, 0.05) is 11.4 Å². The normalized spacial score (nSPS) is 16.0. The molecule has 2 atom stereocenters. The van der Waals surface area contributed by atoms with Crippen molar-refractivity contribution in [3.8, 4) is 0 Å². The van der Waals surface area contributed by atoms with Crippen molar-refractivity contribution in [1.82, 2.24) is 4.72 Å². The lowest BCUT2D eigenvalue weighted by atomic mass is 9.93. The second kappa shape index (κ2) is 8.78. The van der Waals surface area contributed by atoms with Gasteiger partial charge in [-0.2, -0.15) is 0 Å². The maximum Gasteiger partial charge on any atom is 0.192 e. The predicted molar refractivity (Wildman–Crippen MR) is 117 cm³/mol. The molecule has 0 spiro atoms. The van der Waals surface area contributed by atoms with Crippen molar-refractivity contribution < 1.29 is 8.98 Å². The average molecular weight is 398 g/mol. The Morgan fingerprint density at radius 1 is 1.04 bits per heavy atom. The van der Waals surface area contributed by atoms with Gasteiger partial charge in [0.2, 0.25) is 0 Å². The highest BCUT2D eigenvalue weighted by molar-refractivity contribution is 7.90. The van der Waals surface area contributed by atoms with Gasteiger partial charge < -0.3 is 8.98 Å². The molecular formula is C21H39NO2SSi. The van der Waals surface area contributed by atoms with Crippen LogP contribution in [0.4, 0.5) is 0 Å². The van der Waals surface area contributed by atoms with Gasteiger partial charge in [0.05, 0.1) is 12.6 Å². The lowest BCUT2D eigenvalue weighted by Crippen LogP contribution is -2.46. The molecule has 0 aliphatic heterocycles. The van der Waals surface area contributed by atoms with E-state index in [-0.39, 0.29) is 15.8 Å². The zero-order chi connectivity index (χ0) is 20.3. The monoisotopic (exact) mass is 397 g/mol. The minimum atomic E-state index is -1.88. The highest BCUT2D eigenvalue weighted by Crippen LogP contribution is 2.37. The summed E-state index contributed by atoms with van der Waals surface area (Å²) in [6.45, 7) is 22.2. The fourth-order valence-electron chi connectivity index (χ4n) is 2.36. The van der Waals surface area contributed by atoms with Gasteiger partial charge in [-0.3, -0.25) is 0 Å². The molecule has 0 aliphatic carbocycles. The lowest BCUT2D eigenvalue weighted by molar-refractivity contribution is 0.255. The van der Waals surface area contributed by atoms with Crippen molar-refractivity contribution in [2.24, 2.45) is 0 Å². The quantitative estimate of drug-likeness (QED) is 0.458. The Bertz CT molecular complexity index is 576. The average Bonchev–Trinajstić information content (AvgIpc) is 2.49. The summed E-state index contributed by atoms with van der Waals surface area (Å²) in [4.78, 5) is 0. The molecule has 0 aliphatic rings. The first kappa shape index (κ1) is 23.7. The number of benzene rings is 1. The highest BCUT2D eigenvalue weighted by Gasteiger charge is 2.39. The number of nitrogens with one attached hydrogen (secondary N) is 1. The molecule has 0 bridgehead atoms. The van der Waals surface area contributed by atoms with E-state index in [2.05, 4.69) is 76.7 Å².